The lowest BCUT2D eigenvalue weighted by Gasteiger charge is -2.47. The minimum absolute atomic E-state index is 0.0255. The van der Waals surface area contributed by atoms with E-state index in [-0.39, 0.29) is 29.9 Å². The number of hydrogen-bond donors (Lipinski definition) is 0. The van der Waals surface area contributed by atoms with Gasteiger partial charge in [0.15, 0.2) is 0 Å². The number of piperidine rings is 1. The van der Waals surface area contributed by atoms with Gasteiger partial charge in [0.25, 0.3) is 0 Å². The van der Waals surface area contributed by atoms with Crippen molar-refractivity contribution in [2.45, 2.75) is 71.6 Å². The van der Waals surface area contributed by atoms with E-state index in [0.717, 1.165) is 5.56 Å². The van der Waals surface area contributed by atoms with Crippen molar-refractivity contribution in [3.63, 3.8) is 0 Å². The van der Waals surface area contributed by atoms with Gasteiger partial charge in [0.2, 0.25) is 0 Å². The molecule has 0 aliphatic carbocycles. The second kappa shape index (κ2) is 7.63. The molecule has 3 rings (SSSR count). The van der Waals surface area contributed by atoms with Crippen LogP contribution in [-0.4, -0.2) is 47.7 Å². The van der Waals surface area contributed by atoms with Gasteiger partial charge in [0.05, 0.1) is 25.3 Å². The Balaban J connectivity index is 1.69. The third-order valence-electron chi connectivity index (χ3n) is 5.66. The van der Waals surface area contributed by atoms with E-state index in [4.69, 9.17) is 9.47 Å². The van der Waals surface area contributed by atoms with Crippen molar-refractivity contribution in [3.8, 4) is 0 Å². The zero-order valence-corrected chi connectivity index (χ0v) is 17.1. The molecule has 1 aromatic carbocycles. The minimum Gasteiger partial charge on any atom is -0.444 e. The molecule has 0 spiro atoms. The Morgan fingerprint density at radius 3 is 2.37 bits per heavy atom. The summed E-state index contributed by atoms with van der Waals surface area (Å²) in [5, 5.41) is 0. The fourth-order valence-corrected chi connectivity index (χ4v) is 4.13. The summed E-state index contributed by atoms with van der Waals surface area (Å²) in [5.41, 5.74) is 2.99. The molecule has 2 bridgehead atoms. The van der Waals surface area contributed by atoms with Gasteiger partial charge in [-0.3, -0.25) is 9.69 Å². The van der Waals surface area contributed by atoms with E-state index in [0.29, 0.717) is 32.5 Å². The van der Waals surface area contributed by atoms with Crippen LogP contribution in [0.3, 0.4) is 0 Å². The first-order valence-corrected chi connectivity index (χ1v) is 9.82. The molecule has 27 heavy (non-hydrogen) atoms. The molecular formula is C22H31NO4. The highest BCUT2D eigenvalue weighted by atomic mass is 16.6. The number of ether oxygens (including phenoxy) is 2. The van der Waals surface area contributed by atoms with Crippen molar-refractivity contribution in [1.29, 1.82) is 0 Å². The summed E-state index contributed by atoms with van der Waals surface area (Å²) < 4.78 is 11.2. The molecule has 0 aromatic heterocycles. The molecule has 5 nitrogen and oxygen atoms in total. The highest BCUT2D eigenvalue weighted by Gasteiger charge is 2.44. The van der Waals surface area contributed by atoms with Gasteiger partial charge in [-0.15, -0.1) is 0 Å². The molecule has 0 N–H and O–H groups in total. The van der Waals surface area contributed by atoms with Crippen LogP contribution in [0.2, 0.25) is 0 Å². The highest BCUT2D eigenvalue weighted by Crippen LogP contribution is 2.34. The van der Waals surface area contributed by atoms with E-state index in [1.165, 1.54) is 11.1 Å². The zero-order valence-electron chi connectivity index (χ0n) is 17.1. The van der Waals surface area contributed by atoms with Crippen molar-refractivity contribution < 1.29 is 19.1 Å². The van der Waals surface area contributed by atoms with Crippen LogP contribution in [-0.2, 0) is 20.7 Å². The summed E-state index contributed by atoms with van der Waals surface area (Å²) in [7, 11) is 0. The summed E-state index contributed by atoms with van der Waals surface area (Å²) in [6.45, 7) is 10.7. The van der Waals surface area contributed by atoms with Crippen LogP contribution in [0.25, 0.3) is 0 Å². The lowest BCUT2D eigenvalue weighted by Crippen LogP contribution is -2.60. The first-order chi connectivity index (χ1) is 12.7. The van der Waals surface area contributed by atoms with Gasteiger partial charge in [-0.2, -0.15) is 0 Å². The number of nitrogens with zero attached hydrogens (tertiary/aromatic N) is 1. The Labute approximate surface area is 162 Å². The maximum atomic E-state index is 13.0. The lowest BCUT2D eigenvalue weighted by molar-refractivity contribution is -0.131. The number of aryl methyl sites for hydroxylation is 1. The summed E-state index contributed by atoms with van der Waals surface area (Å²) in [4.78, 5) is 27.4. The monoisotopic (exact) mass is 373 g/mol. The van der Waals surface area contributed by atoms with Gasteiger partial charge >= 0.3 is 6.09 Å². The number of Topliss-reactive ketones (excluding diaryl/α,β-unsaturated/α-hetero) is 1. The Morgan fingerprint density at radius 1 is 1.15 bits per heavy atom. The summed E-state index contributed by atoms with van der Waals surface area (Å²) in [6, 6.07) is 5.96. The van der Waals surface area contributed by atoms with E-state index in [1.807, 2.05) is 37.8 Å². The van der Waals surface area contributed by atoms with E-state index in [9.17, 15) is 9.59 Å². The predicted octanol–water partition coefficient (Wildman–Crippen LogP) is 3.83. The van der Waals surface area contributed by atoms with Crippen molar-refractivity contribution >= 4 is 11.9 Å². The molecule has 5 heteroatoms. The SMILES string of the molecule is Cc1cccc(CC(=O)C2CC3COCC(C2)N3C(=O)OC(C)(C)C)c1C. The van der Waals surface area contributed by atoms with Gasteiger partial charge in [0.1, 0.15) is 11.4 Å². The Bertz CT molecular complexity index is 708. The van der Waals surface area contributed by atoms with Crippen LogP contribution in [0, 0.1) is 19.8 Å². The molecule has 148 valence electrons. The Morgan fingerprint density at radius 2 is 1.78 bits per heavy atom. The van der Waals surface area contributed by atoms with Gasteiger partial charge in [0, 0.05) is 12.3 Å². The molecule has 2 aliphatic rings. The number of rotatable bonds is 3. The van der Waals surface area contributed by atoms with Crippen molar-refractivity contribution in [3.05, 3.63) is 34.9 Å². The molecule has 1 aromatic rings. The van der Waals surface area contributed by atoms with Crippen LogP contribution >= 0.6 is 0 Å². The summed E-state index contributed by atoms with van der Waals surface area (Å²) in [6.07, 6.45) is 1.48. The molecule has 0 radical (unpaired) electrons. The molecule has 1 amide bonds. The number of carbonyl (C=O) groups is 2. The number of ketones is 1. The normalized spacial score (nSPS) is 25.2. The average molecular weight is 373 g/mol. The lowest BCUT2D eigenvalue weighted by atomic mass is 9.80. The number of fused-ring (bicyclic) bond motifs is 2. The van der Waals surface area contributed by atoms with Crippen molar-refractivity contribution in [1.82, 2.24) is 4.90 Å². The maximum absolute atomic E-state index is 13.0. The summed E-state index contributed by atoms with van der Waals surface area (Å²) >= 11 is 0. The standard InChI is InChI=1S/C22H31NO4/c1-14-7-6-8-16(15(14)2)11-20(24)17-9-18-12-26-13-19(10-17)23(18)21(25)27-22(3,4)5/h6-8,17-19H,9-13H2,1-5H3. The topological polar surface area (TPSA) is 55.8 Å². The fraction of sp³-hybridized carbons (Fsp3) is 0.636. The fourth-order valence-electron chi connectivity index (χ4n) is 4.13. The van der Waals surface area contributed by atoms with Crippen molar-refractivity contribution in [2.24, 2.45) is 5.92 Å². The van der Waals surface area contributed by atoms with Crippen LogP contribution in [0.15, 0.2) is 18.2 Å². The zero-order chi connectivity index (χ0) is 19.8. The largest absolute Gasteiger partial charge is 0.444 e. The quantitative estimate of drug-likeness (QED) is 0.808. The third-order valence-corrected chi connectivity index (χ3v) is 5.66. The number of carbonyl (C=O) groups excluding carboxylic acids is 2. The van der Waals surface area contributed by atoms with Crippen molar-refractivity contribution in [2.75, 3.05) is 13.2 Å². The maximum Gasteiger partial charge on any atom is 0.410 e. The molecule has 2 heterocycles. The van der Waals surface area contributed by atoms with Crippen LogP contribution in [0.5, 0.6) is 0 Å². The predicted molar refractivity (Wildman–Crippen MR) is 104 cm³/mol. The van der Waals surface area contributed by atoms with Gasteiger partial charge < -0.3 is 9.47 Å². The molecule has 2 atom stereocenters. The number of morpholine rings is 1. The van der Waals surface area contributed by atoms with E-state index in [2.05, 4.69) is 19.9 Å². The Hall–Kier alpha value is -1.88. The molecule has 2 saturated heterocycles. The second-order valence-electron chi connectivity index (χ2n) is 8.90. The highest BCUT2D eigenvalue weighted by molar-refractivity contribution is 5.84. The first-order valence-electron chi connectivity index (χ1n) is 9.82. The smallest absolute Gasteiger partial charge is 0.410 e. The molecule has 0 saturated carbocycles. The van der Waals surface area contributed by atoms with Crippen LogP contribution in [0.4, 0.5) is 4.79 Å². The van der Waals surface area contributed by atoms with Gasteiger partial charge in [-0.25, -0.2) is 4.79 Å². The van der Waals surface area contributed by atoms with E-state index in [1.54, 1.807) is 0 Å². The average Bonchev–Trinajstić information content (AvgIpc) is 2.56. The first kappa shape index (κ1) is 19.9. The molecule has 2 aliphatic heterocycles. The summed E-state index contributed by atoms with van der Waals surface area (Å²) in [5.74, 6) is 0.243. The van der Waals surface area contributed by atoms with E-state index >= 15 is 0 Å². The molecule has 2 fully saturated rings. The second-order valence-corrected chi connectivity index (χ2v) is 8.90. The third kappa shape index (κ3) is 4.52. The minimum atomic E-state index is -0.526. The Kier molecular flexibility index (Phi) is 5.61. The van der Waals surface area contributed by atoms with Gasteiger partial charge in [-0.1, -0.05) is 18.2 Å². The van der Waals surface area contributed by atoms with E-state index < -0.39 is 5.60 Å². The number of benzene rings is 1. The molecule has 2 unspecified atom stereocenters. The van der Waals surface area contributed by atoms with Gasteiger partial charge in [-0.05, 0) is 64.2 Å². The number of amides is 1. The number of hydrogen-bond acceptors (Lipinski definition) is 4. The molecular weight excluding hydrogens is 342 g/mol. The van der Waals surface area contributed by atoms with Crippen LogP contribution < -0.4 is 0 Å². The van der Waals surface area contributed by atoms with Crippen LogP contribution in [0.1, 0.15) is 50.3 Å².